The number of benzene rings is 14. The Hall–Kier alpha value is -12.9. The van der Waals surface area contributed by atoms with Crippen molar-refractivity contribution >= 4 is 53.4 Å². The molecule has 4 heterocycles. The van der Waals surface area contributed by atoms with Gasteiger partial charge in [0.25, 0.3) is 0 Å². The third kappa shape index (κ3) is 9.40. The van der Waals surface area contributed by atoms with Crippen LogP contribution in [-0.4, -0.2) is 29.9 Å². The Morgan fingerprint density at radius 3 is 1.02 bits per heavy atom. The summed E-state index contributed by atoms with van der Waals surface area (Å²) >= 11 is 1.80. The second kappa shape index (κ2) is 24.0. The van der Waals surface area contributed by atoms with Gasteiger partial charge in [0.2, 0.25) is 0 Å². The molecule has 0 atom stereocenters. The number of thiophene rings is 1. The van der Waals surface area contributed by atoms with Crippen LogP contribution in [0.3, 0.4) is 0 Å². The minimum absolute atomic E-state index is 0.456. The lowest BCUT2D eigenvalue weighted by Gasteiger charge is -2.34. The Morgan fingerprint density at radius 2 is 0.540 bits per heavy atom. The normalized spacial score (nSPS) is 13.0. The SMILES string of the molecule is c1ccc(-c2nc(-c3ccc(C4(c5ccccc5)c5ccccc5-c5ccccc54)cc3)nc(-c3cccc4c3oc3ccccc34)n2)cc1.c1ccc(-c2nc(-c3ccc(C4(c5ccccc5)c5ccccc5-c5ccccc54)cc3)nc(-c3cccc4sc5ccccc5c34)n2)cc1. The van der Waals surface area contributed by atoms with E-state index in [0.717, 1.165) is 55.3 Å². The van der Waals surface area contributed by atoms with Crippen molar-refractivity contribution in [3.8, 4) is 90.6 Å². The number of para-hydroxylation sites is 2. The van der Waals surface area contributed by atoms with E-state index >= 15 is 0 Å². The molecule has 0 unspecified atom stereocenters. The molecule has 0 saturated heterocycles. The summed E-state index contributed by atoms with van der Waals surface area (Å²) < 4.78 is 8.89. The lowest BCUT2D eigenvalue weighted by atomic mass is 9.67. The molecule has 0 fully saturated rings. The predicted octanol–water partition coefficient (Wildman–Crippen LogP) is 22.7. The largest absolute Gasteiger partial charge is 0.455 e. The highest BCUT2D eigenvalue weighted by atomic mass is 32.1. The van der Waals surface area contributed by atoms with Crippen LogP contribution in [0.5, 0.6) is 0 Å². The van der Waals surface area contributed by atoms with E-state index in [9.17, 15) is 0 Å². The van der Waals surface area contributed by atoms with Gasteiger partial charge in [-0.25, -0.2) is 29.9 Å². The molecule has 0 N–H and O–H groups in total. The highest BCUT2D eigenvalue weighted by molar-refractivity contribution is 7.26. The van der Waals surface area contributed by atoms with Crippen LogP contribution in [0.15, 0.2) is 356 Å². The first-order chi connectivity index (χ1) is 49.6. The maximum atomic E-state index is 6.41. The molecular weight excluding hydrogens is 1240 g/mol. The number of rotatable bonds is 10. The maximum Gasteiger partial charge on any atom is 0.167 e. The first kappa shape index (κ1) is 58.5. The molecule has 0 amide bonds. The Bertz CT molecular complexity index is 6060. The predicted molar refractivity (Wildman–Crippen MR) is 407 cm³/mol. The molecule has 7 nitrogen and oxygen atoms in total. The summed E-state index contributed by atoms with van der Waals surface area (Å²) in [7, 11) is 0. The van der Waals surface area contributed by atoms with Crippen LogP contribution in [0.25, 0.3) is 133 Å². The molecule has 0 aliphatic heterocycles. The highest BCUT2D eigenvalue weighted by Gasteiger charge is 2.47. The van der Waals surface area contributed by atoms with E-state index < -0.39 is 10.8 Å². The molecule has 8 heteroatoms. The zero-order chi connectivity index (χ0) is 66.1. The van der Waals surface area contributed by atoms with Crippen LogP contribution in [0.1, 0.15) is 44.5 Å². The number of hydrogen-bond donors (Lipinski definition) is 0. The fourth-order valence-corrected chi connectivity index (χ4v) is 16.9. The Morgan fingerprint density at radius 1 is 0.220 bits per heavy atom. The molecule has 2 aliphatic rings. The van der Waals surface area contributed by atoms with Gasteiger partial charge in [0.05, 0.1) is 16.4 Å². The molecule has 0 saturated carbocycles. The zero-order valence-corrected chi connectivity index (χ0v) is 54.8. The standard InChI is InChI=1S/C46H29N3O.C46H29N3S/c1-3-14-30(15-4-1)43-47-44(49-45(48-43)38-22-13-21-37-36-20-9-12-25-41(36)50-42(37)38)31-26-28-33(29-27-31)46(32-16-5-2-6-17-32)39-23-10-7-18-34(39)35-19-8-11-24-40(35)46;1-3-14-30(15-4-1)43-47-44(49-45(48-43)37-21-13-25-41-42(37)36-20-9-12-24-40(36)50-41)31-26-28-33(29-27-31)46(32-16-5-2-6-17-32)38-22-10-7-18-34(38)35-19-8-11-23-39(35)46/h2*1-29H. The van der Waals surface area contributed by atoms with Crippen molar-refractivity contribution in [1.29, 1.82) is 0 Å². The van der Waals surface area contributed by atoms with Crippen molar-refractivity contribution in [2.75, 3.05) is 0 Å². The minimum atomic E-state index is -0.469. The van der Waals surface area contributed by atoms with Crippen LogP contribution < -0.4 is 0 Å². The van der Waals surface area contributed by atoms with Crippen molar-refractivity contribution in [2.45, 2.75) is 10.8 Å². The van der Waals surface area contributed by atoms with Gasteiger partial charge >= 0.3 is 0 Å². The molecule has 2 aliphatic carbocycles. The lowest BCUT2D eigenvalue weighted by Crippen LogP contribution is -2.28. The number of aromatic nitrogens is 6. The van der Waals surface area contributed by atoms with Gasteiger partial charge in [-0.3, -0.25) is 0 Å². The van der Waals surface area contributed by atoms with E-state index in [2.05, 4.69) is 273 Å². The fourth-order valence-electron chi connectivity index (χ4n) is 15.7. The van der Waals surface area contributed by atoms with Crippen molar-refractivity contribution in [2.24, 2.45) is 0 Å². The van der Waals surface area contributed by atoms with E-state index in [1.165, 1.54) is 86.9 Å². The molecule has 14 aromatic carbocycles. The summed E-state index contributed by atoms with van der Waals surface area (Å²) in [5.41, 5.74) is 21.4. The highest BCUT2D eigenvalue weighted by Crippen LogP contribution is 2.58. The number of hydrogen-bond acceptors (Lipinski definition) is 8. The Balaban J connectivity index is 0.000000139. The second-order valence-corrected chi connectivity index (χ2v) is 26.6. The number of fused-ring (bicyclic) bond motifs is 12. The summed E-state index contributed by atoms with van der Waals surface area (Å²) in [6, 6.07) is 124. The van der Waals surface area contributed by atoms with Gasteiger partial charge in [-0.05, 0) is 91.0 Å². The van der Waals surface area contributed by atoms with Gasteiger partial charge in [0.15, 0.2) is 34.9 Å². The van der Waals surface area contributed by atoms with Crippen LogP contribution in [0.2, 0.25) is 0 Å². The van der Waals surface area contributed by atoms with Gasteiger partial charge in [0.1, 0.15) is 11.2 Å². The van der Waals surface area contributed by atoms with Crippen molar-refractivity contribution in [1.82, 2.24) is 29.9 Å². The number of furan rings is 1. The Labute approximate surface area is 581 Å². The number of nitrogens with zero attached hydrogens (tertiary/aromatic N) is 6. The van der Waals surface area contributed by atoms with Gasteiger partial charge in [-0.2, -0.15) is 0 Å². The minimum Gasteiger partial charge on any atom is -0.455 e. The second-order valence-electron chi connectivity index (χ2n) is 25.5. The van der Waals surface area contributed by atoms with E-state index in [1.807, 2.05) is 78.9 Å². The van der Waals surface area contributed by atoms with Gasteiger partial charge < -0.3 is 4.42 Å². The maximum absolute atomic E-state index is 6.41. The average molecular weight is 1300 g/mol. The molecule has 4 aromatic heterocycles. The quantitative estimate of drug-likeness (QED) is 0.135. The average Bonchev–Trinajstić information content (AvgIpc) is 1.53. The molecule has 0 radical (unpaired) electrons. The smallest absolute Gasteiger partial charge is 0.167 e. The molecule has 468 valence electrons. The fraction of sp³-hybridized carbons (Fsp3) is 0.0217. The lowest BCUT2D eigenvalue weighted by molar-refractivity contribution is 0.669. The van der Waals surface area contributed by atoms with Crippen LogP contribution in [-0.2, 0) is 10.8 Å². The van der Waals surface area contributed by atoms with Crippen molar-refractivity contribution in [3.63, 3.8) is 0 Å². The summed E-state index contributed by atoms with van der Waals surface area (Å²) in [5, 5.41) is 4.51. The van der Waals surface area contributed by atoms with E-state index in [0.29, 0.717) is 34.9 Å². The molecule has 0 spiro atoms. The zero-order valence-electron chi connectivity index (χ0n) is 54.0. The van der Waals surface area contributed by atoms with E-state index in [-0.39, 0.29) is 0 Å². The molecule has 100 heavy (non-hydrogen) atoms. The van der Waals surface area contributed by atoms with Crippen molar-refractivity contribution in [3.05, 3.63) is 396 Å². The topological polar surface area (TPSA) is 90.5 Å². The van der Waals surface area contributed by atoms with E-state index in [1.54, 1.807) is 11.3 Å². The van der Waals surface area contributed by atoms with Gasteiger partial charge in [0, 0.05) is 58.8 Å². The third-order valence-corrected chi connectivity index (χ3v) is 21.2. The summed E-state index contributed by atoms with van der Waals surface area (Å²) in [6.45, 7) is 0. The Kier molecular flexibility index (Phi) is 14.1. The first-order valence-corrected chi connectivity index (χ1v) is 34.6. The molecule has 20 rings (SSSR count). The van der Waals surface area contributed by atoms with Crippen molar-refractivity contribution < 1.29 is 4.42 Å². The first-order valence-electron chi connectivity index (χ1n) is 33.7. The third-order valence-electron chi connectivity index (χ3n) is 20.1. The van der Waals surface area contributed by atoms with Crippen LogP contribution in [0, 0.1) is 0 Å². The molecule has 0 bridgehead atoms. The van der Waals surface area contributed by atoms with Gasteiger partial charge in [-0.15, -0.1) is 11.3 Å². The monoisotopic (exact) mass is 1290 g/mol. The summed E-state index contributed by atoms with van der Waals surface area (Å²) in [6.07, 6.45) is 0. The van der Waals surface area contributed by atoms with Crippen LogP contribution in [0.4, 0.5) is 0 Å². The van der Waals surface area contributed by atoms with Gasteiger partial charge in [-0.1, -0.05) is 328 Å². The summed E-state index contributed by atoms with van der Waals surface area (Å²) in [5.74, 6) is 3.77. The van der Waals surface area contributed by atoms with E-state index in [4.69, 9.17) is 34.3 Å². The summed E-state index contributed by atoms with van der Waals surface area (Å²) in [4.78, 5) is 30.6. The molecular formula is C92H58N6OS. The van der Waals surface area contributed by atoms with Crippen LogP contribution >= 0.6 is 11.3 Å². The molecule has 18 aromatic rings.